The van der Waals surface area contributed by atoms with Gasteiger partial charge in [0.15, 0.2) is 5.78 Å². The SMILES string of the molecule is CC(CC(=O)c1ccccc1)NC(=O)c1ccsc1. The molecule has 4 heteroatoms. The molecular weight excluding hydrogens is 258 g/mol. The van der Waals surface area contributed by atoms with E-state index in [0.29, 0.717) is 17.5 Å². The Balaban J connectivity index is 1.90. The van der Waals surface area contributed by atoms with Crippen molar-refractivity contribution >= 4 is 23.0 Å². The van der Waals surface area contributed by atoms with E-state index in [0.717, 1.165) is 0 Å². The Hall–Kier alpha value is -1.94. The van der Waals surface area contributed by atoms with Crippen LogP contribution in [0.25, 0.3) is 0 Å². The molecule has 19 heavy (non-hydrogen) atoms. The second-order valence-electron chi connectivity index (χ2n) is 4.38. The highest BCUT2D eigenvalue weighted by atomic mass is 32.1. The largest absolute Gasteiger partial charge is 0.349 e. The van der Waals surface area contributed by atoms with Gasteiger partial charge in [-0.2, -0.15) is 11.3 Å². The van der Waals surface area contributed by atoms with E-state index in [1.54, 1.807) is 23.6 Å². The molecule has 1 amide bonds. The number of thiophene rings is 1. The predicted octanol–water partition coefficient (Wildman–Crippen LogP) is 3.14. The molecule has 3 nitrogen and oxygen atoms in total. The summed E-state index contributed by atoms with van der Waals surface area (Å²) in [6, 6.07) is 10.7. The highest BCUT2D eigenvalue weighted by molar-refractivity contribution is 7.08. The molecule has 0 aliphatic rings. The van der Waals surface area contributed by atoms with Gasteiger partial charge in [0.2, 0.25) is 0 Å². The minimum atomic E-state index is -0.180. The van der Waals surface area contributed by atoms with Crippen LogP contribution in [0.1, 0.15) is 34.1 Å². The molecule has 2 aromatic rings. The van der Waals surface area contributed by atoms with Crippen LogP contribution in [0.15, 0.2) is 47.2 Å². The summed E-state index contributed by atoms with van der Waals surface area (Å²) in [5, 5.41) is 6.48. The summed E-state index contributed by atoms with van der Waals surface area (Å²) in [5.41, 5.74) is 1.32. The first kappa shape index (κ1) is 13.5. The minimum Gasteiger partial charge on any atom is -0.349 e. The third-order valence-corrected chi connectivity index (χ3v) is 3.43. The molecule has 1 aromatic carbocycles. The third-order valence-electron chi connectivity index (χ3n) is 2.75. The van der Waals surface area contributed by atoms with Gasteiger partial charge in [-0.1, -0.05) is 30.3 Å². The van der Waals surface area contributed by atoms with Crippen molar-refractivity contribution in [2.45, 2.75) is 19.4 Å². The number of benzene rings is 1. The fraction of sp³-hybridized carbons (Fsp3) is 0.200. The number of Topliss-reactive ketones (excluding diaryl/α,β-unsaturated/α-hetero) is 1. The molecule has 1 atom stereocenters. The molecule has 0 fully saturated rings. The van der Waals surface area contributed by atoms with Gasteiger partial charge in [0.25, 0.3) is 5.91 Å². The summed E-state index contributed by atoms with van der Waals surface area (Å²) in [4.78, 5) is 23.8. The Labute approximate surface area is 116 Å². The van der Waals surface area contributed by atoms with Crippen LogP contribution in [0.2, 0.25) is 0 Å². The normalized spacial score (nSPS) is 11.8. The number of carbonyl (C=O) groups excluding carboxylic acids is 2. The predicted molar refractivity (Wildman–Crippen MR) is 76.6 cm³/mol. The highest BCUT2D eigenvalue weighted by Crippen LogP contribution is 2.08. The van der Waals surface area contributed by atoms with E-state index in [4.69, 9.17) is 0 Å². The lowest BCUT2D eigenvalue weighted by molar-refractivity contribution is 0.0918. The zero-order valence-electron chi connectivity index (χ0n) is 10.6. The monoisotopic (exact) mass is 273 g/mol. The summed E-state index contributed by atoms with van der Waals surface area (Å²) < 4.78 is 0. The van der Waals surface area contributed by atoms with Crippen molar-refractivity contribution in [1.29, 1.82) is 0 Å². The molecule has 2 rings (SSSR count). The molecule has 0 aliphatic carbocycles. The first-order valence-electron chi connectivity index (χ1n) is 6.08. The lowest BCUT2D eigenvalue weighted by Gasteiger charge is -2.12. The number of nitrogens with one attached hydrogen (secondary N) is 1. The number of rotatable bonds is 5. The first-order valence-corrected chi connectivity index (χ1v) is 7.02. The van der Waals surface area contributed by atoms with E-state index < -0.39 is 0 Å². The van der Waals surface area contributed by atoms with Crippen LogP contribution in [0.3, 0.4) is 0 Å². The van der Waals surface area contributed by atoms with Crippen molar-refractivity contribution in [3.05, 3.63) is 58.3 Å². The topological polar surface area (TPSA) is 46.2 Å². The molecule has 0 bridgehead atoms. The lowest BCUT2D eigenvalue weighted by Crippen LogP contribution is -2.34. The van der Waals surface area contributed by atoms with Crippen molar-refractivity contribution in [3.8, 4) is 0 Å². The van der Waals surface area contributed by atoms with Crippen molar-refractivity contribution in [3.63, 3.8) is 0 Å². The average Bonchev–Trinajstić information content (AvgIpc) is 2.93. The fourth-order valence-electron chi connectivity index (χ4n) is 1.77. The number of hydrogen-bond acceptors (Lipinski definition) is 3. The van der Waals surface area contributed by atoms with Gasteiger partial charge >= 0.3 is 0 Å². The molecule has 1 heterocycles. The van der Waals surface area contributed by atoms with Crippen LogP contribution in [0.4, 0.5) is 0 Å². The lowest BCUT2D eigenvalue weighted by atomic mass is 10.0. The molecule has 1 unspecified atom stereocenters. The highest BCUT2D eigenvalue weighted by Gasteiger charge is 2.14. The zero-order chi connectivity index (χ0) is 13.7. The van der Waals surface area contributed by atoms with Crippen molar-refractivity contribution in [1.82, 2.24) is 5.32 Å². The van der Waals surface area contributed by atoms with Gasteiger partial charge in [-0.15, -0.1) is 0 Å². The minimum absolute atomic E-state index is 0.0405. The van der Waals surface area contributed by atoms with Gasteiger partial charge in [0, 0.05) is 29.0 Å². The average molecular weight is 273 g/mol. The third kappa shape index (κ3) is 3.76. The van der Waals surface area contributed by atoms with Gasteiger partial charge in [-0.3, -0.25) is 9.59 Å². The van der Waals surface area contributed by atoms with Crippen LogP contribution >= 0.6 is 11.3 Å². The van der Waals surface area contributed by atoms with Crippen LogP contribution in [-0.2, 0) is 0 Å². The standard InChI is InChI=1S/C15H15NO2S/c1-11(16-15(18)13-7-8-19-10-13)9-14(17)12-5-3-2-4-6-12/h2-8,10-11H,9H2,1H3,(H,16,18). The number of amides is 1. The van der Waals surface area contributed by atoms with E-state index in [1.165, 1.54) is 11.3 Å². The second kappa shape index (κ2) is 6.29. The summed E-state index contributed by atoms with van der Waals surface area (Å²) in [6.45, 7) is 1.84. The van der Waals surface area contributed by atoms with E-state index in [2.05, 4.69) is 5.32 Å². The number of ketones is 1. The van der Waals surface area contributed by atoms with Crippen molar-refractivity contribution in [2.75, 3.05) is 0 Å². The van der Waals surface area contributed by atoms with Crippen LogP contribution in [0, 0.1) is 0 Å². The second-order valence-corrected chi connectivity index (χ2v) is 5.16. The number of carbonyl (C=O) groups is 2. The van der Waals surface area contributed by atoms with Gasteiger partial charge in [-0.25, -0.2) is 0 Å². The Bertz CT molecular complexity index is 549. The molecule has 1 aromatic heterocycles. The molecule has 0 radical (unpaired) electrons. The zero-order valence-corrected chi connectivity index (χ0v) is 11.4. The van der Waals surface area contributed by atoms with Gasteiger partial charge in [0.05, 0.1) is 0 Å². The summed E-state index contributed by atoms with van der Waals surface area (Å²) in [7, 11) is 0. The summed E-state index contributed by atoms with van der Waals surface area (Å²) in [5.74, 6) is -0.0895. The van der Waals surface area contributed by atoms with Crippen LogP contribution in [-0.4, -0.2) is 17.7 Å². The van der Waals surface area contributed by atoms with Gasteiger partial charge in [0.1, 0.15) is 0 Å². The van der Waals surface area contributed by atoms with Crippen LogP contribution in [0.5, 0.6) is 0 Å². The van der Waals surface area contributed by atoms with Gasteiger partial charge in [-0.05, 0) is 18.4 Å². The Morgan fingerprint density at radius 2 is 1.89 bits per heavy atom. The van der Waals surface area contributed by atoms with E-state index >= 15 is 0 Å². The Morgan fingerprint density at radius 1 is 1.16 bits per heavy atom. The molecule has 1 N–H and O–H groups in total. The fourth-order valence-corrected chi connectivity index (χ4v) is 2.41. The van der Waals surface area contributed by atoms with E-state index in [1.807, 2.05) is 30.5 Å². The number of hydrogen-bond donors (Lipinski definition) is 1. The maximum Gasteiger partial charge on any atom is 0.252 e. The molecule has 0 aliphatic heterocycles. The summed E-state index contributed by atoms with van der Waals surface area (Å²) in [6.07, 6.45) is 0.305. The van der Waals surface area contributed by atoms with Crippen molar-refractivity contribution in [2.24, 2.45) is 0 Å². The molecule has 0 saturated heterocycles. The Kier molecular flexibility index (Phi) is 4.47. The molecule has 0 saturated carbocycles. The Morgan fingerprint density at radius 3 is 2.53 bits per heavy atom. The summed E-state index contributed by atoms with van der Waals surface area (Å²) >= 11 is 1.48. The van der Waals surface area contributed by atoms with E-state index in [9.17, 15) is 9.59 Å². The quantitative estimate of drug-likeness (QED) is 0.851. The smallest absolute Gasteiger partial charge is 0.252 e. The van der Waals surface area contributed by atoms with Gasteiger partial charge < -0.3 is 5.32 Å². The molecule has 98 valence electrons. The maximum absolute atomic E-state index is 12.0. The van der Waals surface area contributed by atoms with Crippen molar-refractivity contribution < 1.29 is 9.59 Å². The van der Waals surface area contributed by atoms with E-state index in [-0.39, 0.29) is 17.7 Å². The maximum atomic E-state index is 12.0. The first-order chi connectivity index (χ1) is 9.16. The van der Waals surface area contributed by atoms with Crippen LogP contribution < -0.4 is 5.32 Å². The molecular formula is C15H15NO2S. The molecule has 0 spiro atoms.